The molecule has 0 radical (unpaired) electrons. The lowest BCUT2D eigenvalue weighted by molar-refractivity contribution is 0.0936. The van der Waals surface area contributed by atoms with Gasteiger partial charge in [0, 0.05) is 17.1 Å². The molecule has 1 aliphatic carbocycles. The van der Waals surface area contributed by atoms with Crippen LogP contribution in [-0.4, -0.2) is 10.5 Å². The van der Waals surface area contributed by atoms with E-state index in [9.17, 15) is 4.79 Å². The quantitative estimate of drug-likeness (QED) is 0.899. The number of aromatic nitrogens is 1. The van der Waals surface area contributed by atoms with Crippen molar-refractivity contribution in [2.24, 2.45) is 0 Å². The van der Waals surface area contributed by atoms with E-state index in [2.05, 4.69) is 25.8 Å². The summed E-state index contributed by atoms with van der Waals surface area (Å²) in [6.07, 6.45) is 5.66. The summed E-state index contributed by atoms with van der Waals surface area (Å²) in [6.45, 7) is 0.588. The monoisotopic (exact) mass is 338 g/mol. The summed E-state index contributed by atoms with van der Waals surface area (Å²) >= 11 is 5.08. The number of hydrogen-bond donors (Lipinski definition) is 1. The van der Waals surface area contributed by atoms with Gasteiger partial charge in [-0.2, -0.15) is 0 Å². The van der Waals surface area contributed by atoms with Crippen LogP contribution in [0.15, 0.2) is 34.2 Å². The lowest BCUT2D eigenvalue weighted by Gasteiger charge is -2.28. The van der Waals surface area contributed by atoms with Crippen LogP contribution in [0.2, 0.25) is 0 Å². The molecule has 1 fully saturated rings. The van der Waals surface area contributed by atoms with Crippen LogP contribution in [0.5, 0.6) is 0 Å². The molecule has 0 aromatic carbocycles. The first-order chi connectivity index (χ1) is 9.24. The summed E-state index contributed by atoms with van der Waals surface area (Å²) in [7, 11) is 0. The molecule has 0 spiro atoms. The molecule has 3 nitrogen and oxygen atoms in total. The van der Waals surface area contributed by atoms with Crippen molar-refractivity contribution >= 4 is 33.2 Å². The number of rotatable bonds is 4. The first-order valence-corrected chi connectivity index (χ1v) is 8.04. The van der Waals surface area contributed by atoms with E-state index in [-0.39, 0.29) is 5.91 Å². The molecule has 19 heavy (non-hydrogen) atoms. The number of amides is 1. The smallest absolute Gasteiger partial charge is 0.268 e. The van der Waals surface area contributed by atoms with E-state index >= 15 is 0 Å². The minimum atomic E-state index is 0.0152. The normalized spacial score (nSPS) is 15.2. The summed E-state index contributed by atoms with van der Waals surface area (Å²) in [6, 6.07) is 8.41. The van der Waals surface area contributed by atoms with Crippen LogP contribution in [0, 0.1) is 0 Å². The van der Waals surface area contributed by atoms with Crippen molar-refractivity contribution in [2.75, 3.05) is 0 Å². The van der Waals surface area contributed by atoms with Crippen molar-refractivity contribution < 1.29 is 4.79 Å². The predicted molar refractivity (Wildman–Crippen MR) is 80.5 cm³/mol. The zero-order valence-corrected chi connectivity index (χ0v) is 12.8. The molecule has 2 heterocycles. The van der Waals surface area contributed by atoms with Gasteiger partial charge in [0.25, 0.3) is 5.91 Å². The Balaban J connectivity index is 1.65. The molecule has 2 aromatic rings. The molecule has 3 rings (SSSR count). The van der Waals surface area contributed by atoms with Crippen LogP contribution < -0.4 is 5.32 Å². The first-order valence-electron chi connectivity index (χ1n) is 6.43. The van der Waals surface area contributed by atoms with Gasteiger partial charge in [0.1, 0.15) is 5.69 Å². The minimum Gasteiger partial charge on any atom is -0.346 e. The van der Waals surface area contributed by atoms with Gasteiger partial charge < -0.3 is 9.88 Å². The van der Waals surface area contributed by atoms with Crippen LogP contribution in [0.25, 0.3) is 0 Å². The molecule has 2 aromatic heterocycles. The van der Waals surface area contributed by atoms with Gasteiger partial charge in [-0.3, -0.25) is 4.79 Å². The summed E-state index contributed by atoms with van der Waals surface area (Å²) < 4.78 is 3.21. The van der Waals surface area contributed by atoms with Gasteiger partial charge in [-0.15, -0.1) is 11.3 Å². The van der Waals surface area contributed by atoms with Gasteiger partial charge in [0.05, 0.1) is 10.3 Å². The Morgan fingerprint density at radius 1 is 1.42 bits per heavy atom. The lowest BCUT2D eigenvalue weighted by atomic mass is 9.93. The Morgan fingerprint density at radius 2 is 2.26 bits per heavy atom. The average Bonchev–Trinajstić information content (AvgIpc) is 2.93. The SMILES string of the molecule is O=C(NCc1ccc(Br)s1)c1cccn1C1CCC1. The van der Waals surface area contributed by atoms with Gasteiger partial charge >= 0.3 is 0 Å². The minimum absolute atomic E-state index is 0.0152. The van der Waals surface area contributed by atoms with Crippen LogP contribution in [0.4, 0.5) is 0 Å². The van der Waals surface area contributed by atoms with E-state index in [1.807, 2.05) is 30.5 Å². The highest BCUT2D eigenvalue weighted by Crippen LogP contribution is 2.32. The summed E-state index contributed by atoms with van der Waals surface area (Å²) in [4.78, 5) is 13.4. The molecule has 1 aliphatic rings. The highest BCUT2D eigenvalue weighted by Gasteiger charge is 2.22. The third kappa shape index (κ3) is 2.77. The number of hydrogen-bond acceptors (Lipinski definition) is 2. The standard InChI is InChI=1S/C14H15BrN2OS/c15-13-7-6-11(19-13)9-16-14(18)12-5-2-8-17(12)10-3-1-4-10/h2,5-8,10H,1,3-4,9H2,(H,16,18). The van der Waals surface area contributed by atoms with E-state index in [0.29, 0.717) is 12.6 Å². The first kappa shape index (κ1) is 12.9. The van der Waals surface area contributed by atoms with Crippen LogP contribution in [0.1, 0.15) is 40.7 Å². The Kier molecular flexibility index (Phi) is 3.75. The summed E-state index contributed by atoms with van der Waals surface area (Å²) in [5, 5.41) is 2.99. The van der Waals surface area contributed by atoms with E-state index in [0.717, 1.165) is 14.4 Å². The number of carbonyl (C=O) groups is 1. The van der Waals surface area contributed by atoms with Crippen LogP contribution in [0.3, 0.4) is 0 Å². The molecular weight excluding hydrogens is 324 g/mol. The second-order valence-electron chi connectivity index (χ2n) is 4.77. The van der Waals surface area contributed by atoms with E-state index in [1.54, 1.807) is 11.3 Å². The van der Waals surface area contributed by atoms with E-state index < -0.39 is 0 Å². The predicted octanol–water partition coefficient (Wildman–Crippen LogP) is 3.97. The zero-order chi connectivity index (χ0) is 13.2. The van der Waals surface area contributed by atoms with Crippen molar-refractivity contribution in [2.45, 2.75) is 31.8 Å². The van der Waals surface area contributed by atoms with Crippen molar-refractivity contribution in [1.29, 1.82) is 0 Å². The third-order valence-electron chi connectivity index (χ3n) is 3.53. The molecule has 0 atom stereocenters. The number of halogens is 1. The fourth-order valence-corrected chi connectivity index (χ4v) is 3.70. The molecule has 1 amide bonds. The molecule has 0 saturated heterocycles. The van der Waals surface area contributed by atoms with Gasteiger partial charge in [-0.05, 0) is 59.5 Å². The fourth-order valence-electron chi connectivity index (χ4n) is 2.27. The molecule has 0 bridgehead atoms. The maximum absolute atomic E-state index is 12.2. The van der Waals surface area contributed by atoms with E-state index in [1.165, 1.54) is 19.3 Å². The van der Waals surface area contributed by atoms with Gasteiger partial charge in [-0.25, -0.2) is 0 Å². The fraction of sp³-hybridized carbons (Fsp3) is 0.357. The molecule has 0 aliphatic heterocycles. The average molecular weight is 339 g/mol. The Bertz CT molecular complexity index is 586. The van der Waals surface area contributed by atoms with Crippen LogP contribution >= 0.6 is 27.3 Å². The second kappa shape index (κ2) is 5.51. The summed E-state index contributed by atoms with van der Waals surface area (Å²) in [5.74, 6) is 0.0152. The molecule has 5 heteroatoms. The van der Waals surface area contributed by atoms with Crippen molar-refractivity contribution in [1.82, 2.24) is 9.88 Å². The van der Waals surface area contributed by atoms with Gasteiger partial charge in [0.2, 0.25) is 0 Å². The largest absolute Gasteiger partial charge is 0.346 e. The molecular formula is C14H15BrN2OS. The Labute approximate surface area is 124 Å². The molecule has 1 N–H and O–H groups in total. The number of thiophene rings is 1. The molecule has 100 valence electrons. The summed E-state index contributed by atoms with van der Waals surface area (Å²) in [5.41, 5.74) is 0.778. The molecule has 1 saturated carbocycles. The molecule has 0 unspecified atom stereocenters. The number of nitrogens with zero attached hydrogens (tertiary/aromatic N) is 1. The lowest BCUT2D eigenvalue weighted by Crippen LogP contribution is -2.28. The highest BCUT2D eigenvalue weighted by atomic mass is 79.9. The van der Waals surface area contributed by atoms with Crippen LogP contribution in [-0.2, 0) is 6.54 Å². The number of nitrogens with one attached hydrogen (secondary N) is 1. The van der Waals surface area contributed by atoms with Crippen molar-refractivity contribution in [3.05, 3.63) is 44.8 Å². The maximum atomic E-state index is 12.2. The van der Waals surface area contributed by atoms with E-state index in [4.69, 9.17) is 0 Å². The highest BCUT2D eigenvalue weighted by molar-refractivity contribution is 9.11. The number of carbonyl (C=O) groups excluding carboxylic acids is 1. The van der Waals surface area contributed by atoms with Gasteiger partial charge in [-0.1, -0.05) is 0 Å². The Hall–Kier alpha value is -1.07. The third-order valence-corrected chi connectivity index (χ3v) is 5.16. The Morgan fingerprint density at radius 3 is 2.89 bits per heavy atom. The second-order valence-corrected chi connectivity index (χ2v) is 7.32. The van der Waals surface area contributed by atoms with Gasteiger partial charge in [0.15, 0.2) is 0 Å². The topological polar surface area (TPSA) is 34.0 Å². The zero-order valence-electron chi connectivity index (χ0n) is 10.4. The van der Waals surface area contributed by atoms with Crippen molar-refractivity contribution in [3.63, 3.8) is 0 Å². The van der Waals surface area contributed by atoms with Crippen molar-refractivity contribution in [3.8, 4) is 0 Å². The maximum Gasteiger partial charge on any atom is 0.268 e.